The third kappa shape index (κ3) is 10.7. The van der Waals surface area contributed by atoms with Gasteiger partial charge in [0.1, 0.15) is 0 Å². The number of halogens is 1. The molecule has 1 fully saturated rings. The van der Waals surface area contributed by atoms with Gasteiger partial charge in [0.2, 0.25) is 0 Å². The van der Waals surface area contributed by atoms with Crippen molar-refractivity contribution in [2.75, 3.05) is 45.9 Å². The maximum Gasteiger partial charge on any atom is 0.251 e. The number of morpholine rings is 1. The Balaban J connectivity index is 0.00000480. The van der Waals surface area contributed by atoms with Gasteiger partial charge >= 0.3 is 0 Å². The monoisotopic (exact) mass is 545 g/mol. The van der Waals surface area contributed by atoms with E-state index in [1.807, 2.05) is 31.2 Å². The number of nitrogens with one attached hydrogen (secondary N) is 3. The Hall–Kier alpha value is -1.39. The SMILES string of the molecule is CCCNC(=O)c1cccc(CN=C(NCC)NCC2CN(CC(C)C)CCO2)c1.I. The van der Waals surface area contributed by atoms with Gasteiger partial charge in [-0.05, 0) is 37.0 Å². The summed E-state index contributed by atoms with van der Waals surface area (Å²) in [4.78, 5) is 19.3. The van der Waals surface area contributed by atoms with Gasteiger partial charge in [-0.3, -0.25) is 9.69 Å². The standard InChI is InChI=1S/C23H39N5O2.HI/c1-5-10-25-22(29)20-9-7-8-19(13-20)14-26-23(24-6-2)27-15-21-17-28(11-12-30-21)16-18(3)4;/h7-9,13,18,21H,5-6,10-12,14-17H2,1-4H3,(H,25,29)(H2,24,26,27);1H. The molecule has 1 saturated heterocycles. The number of guanidine groups is 1. The van der Waals surface area contributed by atoms with Crippen LogP contribution in [0.4, 0.5) is 0 Å². The highest BCUT2D eigenvalue weighted by atomic mass is 127. The molecule has 176 valence electrons. The lowest BCUT2D eigenvalue weighted by molar-refractivity contribution is -0.0284. The number of hydrogen-bond acceptors (Lipinski definition) is 4. The number of carbonyl (C=O) groups is 1. The van der Waals surface area contributed by atoms with Crippen molar-refractivity contribution in [3.8, 4) is 0 Å². The average Bonchev–Trinajstić information content (AvgIpc) is 2.74. The third-order valence-corrected chi connectivity index (χ3v) is 4.83. The first-order valence-electron chi connectivity index (χ1n) is 11.2. The van der Waals surface area contributed by atoms with Crippen molar-refractivity contribution in [1.82, 2.24) is 20.9 Å². The minimum absolute atomic E-state index is 0. The molecule has 2 rings (SSSR count). The summed E-state index contributed by atoms with van der Waals surface area (Å²) in [6.07, 6.45) is 1.08. The second kappa shape index (κ2) is 15.4. The van der Waals surface area contributed by atoms with E-state index in [2.05, 4.69) is 41.6 Å². The maximum absolute atomic E-state index is 12.2. The van der Waals surface area contributed by atoms with Gasteiger partial charge in [0, 0.05) is 44.8 Å². The van der Waals surface area contributed by atoms with Gasteiger partial charge in [-0.2, -0.15) is 0 Å². The van der Waals surface area contributed by atoms with Crippen LogP contribution in [-0.2, 0) is 11.3 Å². The fraction of sp³-hybridized carbons (Fsp3) is 0.652. The van der Waals surface area contributed by atoms with Gasteiger partial charge in [0.25, 0.3) is 5.91 Å². The summed E-state index contributed by atoms with van der Waals surface area (Å²) in [6.45, 7) is 15.1. The summed E-state index contributed by atoms with van der Waals surface area (Å²) in [6, 6.07) is 7.65. The van der Waals surface area contributed by atoms with Crippen molar-refractivity contribution in [1.29, 1.82) is 0 Å². The molecule has 0 spiro atoms. The van der Waals surface area contributed by atoms with Crippen molar-refractivity contribution in [2.24, 2.45) is 10.9 Å². The van der Waals surface area contributed by atoms with E-state index in [1.165, 1.54) is 0 Å². The van der Waals surface area contributed by atoms with Crippen molar-refractivity contribution in [3.05, 3.63) is 35.4 Å². The normalized spacial score (nSPS) is 17.2. The summed E-state index contributed by atoms with van der Waals surface area (Å²) in [7, 11) is 0. The van der Waals surface area contributed by atoms with Crippen molar-refractivity contribution in [2.45, 2.75) is 46.8 Å². The fourth-order valence-electron chi connectivity index (χ4n) is 3.46. The predicted molar refractivity (Wildman–Crippen MR) is 138 cm³/mol. The molecule has 8 heteroatoms. The van der Waals surface area contributed by atoms with E-state index in [4.69, 9.17) is 9.73 Å². The number of aliphatic imine (C=N–C) groups is 1. The molecule has 1 unspecified atom stereocenters. The van der Waals surface area contributed by atoms with E-state index in [1.54, 1.807) is 0 Å². The van der Waals surface area contributed by atoms with Crippen LogP contribution in [0.3, 0.4) is 0 Å². The van der Waals surface area contributed by atoms with Gasteiger partial charge in [0.15, 0.2) is 5.96 Å². The first-order valence-corrected chi connectivity index (χ1v) is 11.2. The number of rotatable bonds is 10. The van der Waals surface area contributed by atoms with Crippen molar-refractivity contribution in [3.63, 3.8) is 0 Å². The van der Waals surface area contributed by atoms with E-state index in [0.717, 1.165) is 57.3 Å². The molecule has 1 atom stereocenters. The molecule has 1 aliphatic rings. The summed E-state index contributed by atoms with van der Waals surface area (Å²) in [5, 5.41) is 9.61. The summed E-state index contributed by atoms with van der Waals surface area (Å²) >= 11 is 0. The van der Waals surface area contributed by atoms with E-state index in [0.29, 0.717) is 24.6 Å². The number of hydrogen-bond donors (Lipinski definition) is 3. The zero-order chi connectivity index (χ0) is 21.8. The Kier molecular flexibility index (Phi) is 13.7. The fourth-order valence-corrected chi connectivity index (χ4v) is 3.46. The van der Waals surface area contributed by atoms with Crippen LogP contribution >= 0.6 is 24.0 Å². The molecule has 1 amide bonds. The molecule has 1 aliphatic heterocycles. The highest BCUT2D eigenvalue weighted by molar-refractivity contribution is 14.0. The molecule has 31 heavy (non-hydrogen) atoms. The first-order chi connectivity index (χ1) is 14.5. The molecular formula is C23H40IN5O2. The summed E-state index contributed by atoms with van der Waals surface area (Å²) < 4.78 is 5.92. The van der Waals surface area contributed by atoms with Crippen LogP contribution in [0, 0.1) is 5.92 Å². The maximum atomic E-state index is 12.2. The van der Waals surface area contributed by atoms with E-state index >= 15 is 0 Å². The smallest absolute Gasteiger partial charge is 0.251 e. The summed E-state index contributed by atoms with van der Waals surface area (Å²) in [5.41, 5.74) is 1.68. The Morgan fingerprint density at radius 2 is 2.06 bits per heavy atom. The third-order valence-electron chi connectivity index (χ3n) is 4.83. The molecule has 0 aliphatic carbocycles. The number of nitrogens with zero attached hydrogens (tertiary/aromatic N) is 2. The Labute approximate surface area is 204 Å². The van der Waals surface area contributed by atoms with Crippen LogP contribution in [0.15, 0.2) is 29.3 Å². The van der Waals surface area contributed by atoms with Crippen LogP contribution < -0.4 is 16.0 Å². The molecule has 1 aromatic carbocycles. The van der Waals surface area contributed by atoms with Crippen LogP contribution in [0.5, 0.6) is 0 Å². The highest BCUT2D eigenvalue weighted by Crippen LogP contribution is 2.08. The second-order valence-electron chi connectivity index (χ2n) is 8.18. The minimum Gasteiger partial charge on any atom is -0.374 e. The number of amides is 1. The number of benzene rings is 1. The Bertz CT molecular complexity index is 684. The van der Waals surface area contributed by atoms with Crippen LogP contribution in [-0.4, -0.2) is 68.7 Å². The number of ether oxygens (including phenoxy) is 1. The van der Waals surface area contributed by atoms with Crippen LogP contribution in [0.1, 0.15) is 50.0 Å². The molecule has 0 radical (unpaired) electrons. The lowest BCUT2D eigenvalue weighted by atomic mass is 10.1. The molecule has 1 aromatic rings. The van der Waals surface area contributed by atoms with Crippen molar-refractivity contribution >= 4 is 35.8 Å². The molecule has 0 aromatic heterocycles. The van der Waals surface area contributed by atoms with Gasteiger partial charge in [-0.1, -0.05) is 32.9 Å². The molecular weight excluding hydrogens is 505 g/mol. The van der Waals surface area contributed by atoms with Crippen LogP contribution in [0.2, 0.25) is 0 Å². The zero-order valence-electron chi connectivity index (χ0n) is 19.4. The van der Waals surface area contributed by atoms with Gasteiger partial charge < -0.3 is 20.7 Å². The largest absolute Gasteiger partial charge is 0.374 e. The second-order valence-corrected chi connectivity index (χ2v) is 8.18. The zero-order valence-corrected chi connectivity index (χ0v) is 21.8. The molecule has 1 heterocycles. The lowest BCUT2D eigenvalue weighted by Gasteiger charge is -2.34. The average molecular weight is 546 g/mol. The van der Waals surface area contributed by atoms with E-state index in [9.17, 15) is 4.79 Å². The topological polar surface area (TPSA) is 78.0 Å². The minimum atomic E-state index is -0.0342. The predicted octanol–water partition coefficient (Wildman–Crippen LogP) is 2.86. The lowest BCUT2D eigenvalue weighted by Crippen LogP contribution is -2.50. The molecule has 3 N–H and O–H groups in total. The first kappa shape index (κ1) is 27.6. The van der Waals surface area contributed by atoms with E-state index < -0.39 is 0 Å². The van der Waals surface area contributed by atoms with Gasteiger partial charge in [-0.25, -0.2) is 4.99 Å². The van der Waals surface area contributed by atoms with Gasteiger partial charge in [0.05, 0.1) is 19.3 Å². The Morgan fingerprint density at radius 3 is 2.77 bits per heavy atom. The highest BCUT2D eigenvalue weighted by Gasteiger charge is 2.21. The van der Waals surface area contributed by atoms with E-state index in [-0.39, 0.29) is 36.0 Å². The molecule has 7 nitrogen and oxygen atoms in total. The summed E-state index contributed by atoms with van der Waals surface area (Å²) in [5.74, 6) is 1.39. The van der Waals surface area contributed by atoms with Crippen molar-refractivity contribution < 1.29 is 9.53 Å². The van der Waals surface area contributed by atoms with Crippen LogP contribution in [0.25, 0.3) is 0 Å². The molecule has 0 bridgehead atoms. The quantitative estimate of drug-likeness (QED) is 0.240. The van der Waals surface area contributed by atoms with Gasteiger partial charge in [-0.15, -0.1) is 24.0 Å². The molecule has 0 saturated carbocycles. The number of carbonyl (C=O) groups excluding carboxylic acids is 1. The Morgan fingerprint density at radius 1 is 1.26 bits per heavy atom.